The van der Waals surface area contributed by atoms with Crippen LogP contribution in [-0.2, 0) is 20.7 Å². The number of carbonyl (C=O) groups is 1. The van der Waals surface area contributed by atoms with E-state index >= 15 is 0 Å². The van der Waals surface area contributed by atoms with Gasteiger partial charge in [0, 0.05) is 7.11 Å². The first-order valence-corrected chi connectivity index (χ1v) is 6.75. The monoisotopic (exact) mass is 263 g/mol. The lowest BCUT2D eigenvalue weighted by Gasteiger charge is -2.26. The van der Waals surface area contributed by atoms with Gasteiger partial charge in [-0.2, -0.15) is 0 Å². The van der Waals surface area contributed by atoms with Gasteiger partial charge in [0.25, 0.3) is 0 Å². The van der Waals surface area contributed by atoms with Gasteiger partial charge >= 0.3 is 0 Å². The van der Waals surface area contributed by atoms with Gasteiger partial charge in [-0.15, -0.1) is 0 Å². The first-order valence-electron chi connectivity index (χ1n) is 6.75. The van der Waals surface area contributed by atoms with E-state index < -0.39 is 0 Å². The highest BCUT2D eigenvalue weighted by Crippen LogP contribution is 2.29. The minimum absolute atomic E-state index is 0.0576. The van der Waals surface area contributed by atoms with Crippen LogP contribution in [0.25, 0.3) is 0 Å². The minimum Gasteiger partial charge on any atom is -0.382 e. The zero-order valence-corrected chi connectivity index (χ0v) is 11.4. The highest BCUT2D eigenvalue weighted by atomic mass is 16.5. The van der Waals surface area contributed by atoms with Gasteiger partial charge in [0.15, 0.2) is 0 Å². The summed E-state index contributed by atoms with van der Waals surface area (Å²) in [5.74, 6) is -0.0576. The van der Waals surface area contributed by atoms with Gasteiger partial charge in [-0.05, 0) is 30.4 Å². The van der Waals surface area contributed by atoms with Crippen LogP contribution < -0.4 is 5.32 Å². The summed E-state index contributed by atoms with van der Waals surface area (Å²) in [6, 6.07) is 8.45. The molecule has 4 nitrogen and oxygen atoms in total. The number of aryl methyl sites for hydroxylation is 1. The van der Waals surface area contributed by atoms with Crippen molar-refractivity contribution < 1.29 is 14.3 Å². The molecule has 1 aliphatic rings. The van der Waals surface area contributed by atoms with Gasteiger partial charge < -0.3 is 14.8 Å². The highest BCUT2D eigenvalue weighted by molar-refractivity contribution is 5.77. The minimum atomic E-state index is -0.0576. The molecule has 1 aliphatic carbocycles. The number of hydrogen-bond donors (Lipinski definition) is 1. The summed E-state index contributed by atoms with van der Waals surface area (Å²) >= 11 is 0. The van der Waals surface area contributed by atoms with Gasteiger partial charge in [-0.3, -0.25) is 4.79 Å². The molecule has 0 unspecified atom stereocenters. The lowest BCUT2D eigenvalue weighted by atomic mass is 9.88. The molecule has 0 aromatic heterocycles. The standard InChI is InChI=1S/C15H21NO3/c1-18-9-10-19-11-15(17)16-14-8-4-6-12-5-2-3-7-13(12)14/h2-3,5,7,14H,4,6,8-11H2,1H3,(H,16,17)/t14-/m0/s1. The number of nitrogens with one attached hydrogen (secondary N) is 1. The topological polar surface area (TPSA) is 47.6 Å². The van der Waals surface area contributed by atoms with E-state index in [1.165, 1.54) is 11.1 Å². The largest absolute Gasteiger partial charge is 0.382 e. The summed E-state index contributed by atoms with van der Waals surface area (Å²) in [4.78, 5) is 11.8. The molecule has 1 aromatic carbocycles. The Balaban J connectivity index is 1.85. The molecule has 1 amide bonds. The number of amides is 1. The summed E-state index contributed by atoms with van der Waals surface area (Å²) < 4.78 is 10.1. The Morgan fingerprint density at radius 1 is 1.37 bits per heavy atom. The second kappa shape index (κ2) is 7.26. The number of fused-ring (bicyclic) bond motifs is 1. The van der Waals surface area contributed by atoms with Crippen molar-refractivity contribution in [1.29, 1.82) is 0 Å². The van der Waals surface area contributed by atoms with Crippen molar-refractivity contribution in [3.63, 3.8) is 0 Å². The third-order valence-corrected chi connectivity index (χ3v) is 3.37. The quantitative estimate of drug-likeness (QED) is 0.797. The fraction of sp³-hybridized carbons (Fsp3) is 0.533. The van der Waals surface area contributed by atoms with Gasteiger partial charge in [0.1, 0.15) is 6.61 Å². The molecule has 0 saturated carbocycles. The molecule has 0 saturated heterocycles. The van der Waals surface area contributed by atoms with Gasteiger partial charge in [-0.25, -0.2) is 0 Å². The molecular formula is C15H21NO3. The maximum absolute atomic E-state index is 11.8. The zero-order valence-electron chi connectivity index (χ0n) is 11.4. The van der Waals surface area contributed by atoms with Crippen molar-refractivity contribution in [2.24, 2.45) is 0 Å². The lowest BCUT2D eigenvalue weighted by molar-refractivity contribution is -0.127. The molecule has 1 N–H and O–H groups in total. The van der Waals surface area contributed by atoms with E-state index in [0.717, 1.165) is 19.3 Å². The third kappa shape index (κ3) is 4.04. The van der Waals surface area contributed by atoms with Gasteiger partial charge in [0.05, 0.1) is 19.3 Å². The summed E-state index contributed by atoms with van der Waals surface area (Å²) in [6.07, 6.45) is 3.22. The summed E-state index contributed by atoms with van der Waals surface area (Å²) in [7, 11) is 1.61. The number of hydrogen-bond acceptors (Lipinski definition) is 3. The Morgan fingerprint density at radius 2 is 2.21 bits per heavy atom. The fourth-order valence-electron chi connectivity index (χ4n) is 2.45. The van der Waals surface area contributed by atoms with Gasteiger partial charge in [-0.1, -0.05) is 24.3 Å². The number of carbonyl (C=O) groups excluding carboxylic acids is 1. The van der Waals surface area contributed by atoms with Crippen LogP contribution in [-0.4, -0.2) is 32.8 Å². The Morgan fingerprint density at radius 3 is 3.05 bits per heavy atom. The molecule has 1 aromatic rings. The van der Waals surface area contributed by atoms with Crippen molar-refractivity contribution in [2.45, 2.75) is 25.3 Å². The van der Waals surface area contributed by atoms with Crippen LogP contribution in [0.3, 0.4) is 0 Å². The maximum atomic E-state index is 11.8. The van der Waals surface area contributed by atoms with Crippen LogP contribution in [0.5, 0.6) is 0 Å². The average molecular weight is 263 g/mol. The van der Waals surface area contributed by atoms with Gasteiger partial charge in [0.2, 0.25) is 5.91 Å². The molecule has 0 aliphatic heterocycles. The summed E-state index contributed by atoms with van der Waals surface area (Å²) in [5, 5.41) is 3.05. The fourth-order valence-corrected chi connectivity index (χ4v) is 2.45. The van der Waals surface area contributed by atoms with E-state index in [9.17, 15) is 4.79 Å². The Hall–Kier alpha value is -1.39. The molecule has 19 heavy (non-hydrogen) atoms. The van der Waals surface area contributed by atoms with E-state index in [4.69, 9.17) is 9.47 Å². The number of ether oxygens (including phenoxy) is 2. The molecule has 0 heterocycles. The Bertz CT molecular complexity index is 420. The van der Waals surface area contributed by atoms with Crippen molar-refractivity contribution in [3.05, 3.63) is 35.4 Å². The number of rotatable bonds is 6. The predicted molar refractivity (Wildman–Crippen MR) is 73.0 cm³/mol. The zero-order chi connectivity index (χ0) is 13.5. The van der Waals surface area contributed by atoms with E-state index in [-0.39, 0.29) is 18.6 Å². The van der Waals surface area contributed by atoms with Crippen LogP contribution >= 0.6 is 0 Å². The van der Waals surface area contributed by atoms with Crippen molar-refractivity contribution >= 4 is 5.91 Å². The van der Waals surface area contributed by atoms with Crippen LogP contribution in [0.1, 0.15) is 30.0 Å². The lowest BCUT2D eigenvalue weighted by Crippen LogP contribution is -2.33. The molecule has 4 heteroatoms. The normalized spacial score (nSPS) is 17.8. The van der Waals surface area contributed by atoms with E-state index in [1.54, 1.807) is 7.11 Å². The van der Waals surface area contributed by atoms with Crippen LogP contribution in [0.4, 0.5) is 0 Å². The molecular weight excluding hydrogens is 242 g/mol. The molecule has 0 radical (unpaired) electrons. The van der Waals surface area contributed by atoms with E-state index in [1.807, 2.05) is 6.07 Å². The average Bonchev–Trinajstić information content (AvgIpc) is 2.44. The second-order valence-electron chi connectivity index (χ2n) is 4.76. The summed E-state index contributed by atoms with van der Waals surface area (Å²) in [5.41, 5.74) is 2.60. The maximum Gasteiger partial charge on any atom is 0.246 e. The molecule has 2 rings (SSSR count). The molecule has 0 fully saturated rings. The molecule has 104 valence electrons. The van der Waals surface area contributed by atoms with E-state index in [0.29, 0.717) is 13.2 Å². The van der Waals surface area contributed by atoms with Crippen LogP contribution in [0.15, 0.2) is 24.3 Å². The van der Waals surface area contributed by atoms with Crippen molar-refractivity contribution in [1.82, 2.24) is 5.32 Å². The first kappa shape index (κ1) is 14.0. The van der Waals surface area contributed by atoms with Crippen LogP contribution in [0, 0.1) is 0 Å². The Labute approximate surface area is 114 Å². The first-order chi connectivity index (χ1) is 9.31. The smallest absolute Gasteiger partial charge is 0.246 e. The Kier molecular flexibility index (Phi) is 5.36. The van der Waals surface area contributed by atoms with Crippen molar-refractivity contribution in [3.8, 4) is 0 Å². The third-order valence-electron chi connectivity index (χ3n) is 3.37. The molecule has 0 spiro atoms. The number of benzene rings is 1. The molecule has 1 atom stereocenters. The highest BCUT2D eigenvalue weighted by Gasteiger charge is 2.21. The molecule has 0 bridgehead atoms. The second-order valence-corrected chi connectivity index (χ2v) is 4.76. The summed E-state index contributed by atoms with van der Waals surface area (Å²) in [6.45, 7) is 1.06. The van der Waals surface area contributed by atoms with E-state index in [2.05, 4.69) is 23.5 Å². The van der Waals surface area contributed by atoms with Crippen LogP contribution in [0.2, 0.25) is 0 Å². The number of methoxy groups -OCH3 is 1. The SMILES string of the molecule is COCCOCC(=O)N[C@H]1CCCc2ccccc21. The van der Waals surface area contributed by atoms with Crippen molar-refractivity contribution in [2.75, 3.05) is 26.9 Å². The predicted octanol–water partition coefficient (Wildman–Crippen LogP) is 1.84.